The van der Waals surface area contributed by atoms with Crippen LogP contribution >= 0.6 is 0 Å². The first-order chi connectivity index (χ1) is 9.88. The fraction of sp³-hybridized carbons (Fsp3) is 0. The molecule has 0 aliphatic heterocycles. The monoisotopic (exact) mass is 257 g/mol. The number of hydrogen-bond acceptors (Lipinski definition) is 3. The van der Waals surface area contributed by atoms with Crippen LogP contribution in [0.25, 0.3) is 22.5 Å². The minimum absolute atomic E-state index is 0.653. The molecule has 0 fully saturated rings. The first kappa shape index (κ1) is 12.1. The van der Waals surface area contributed by atoms with Gasteiger partial charge in [0.2, 0.25) is 0 Å². The molecule has 2 heterocycles. The standard InChI is InChI=1S/C17H11N3/c18-11-13-5-1-2-6-15(13)14-8-9-17(20-12-14)16-7-3-4-10-19-16/h1-10,12H. The summed E-state index contributed by atoms with van der Waals surface area (Å²) in [6.45, 7) is 0. The van der Waals surface area contributed by atoms with Gasteiger partial charge in [0.25, 0.3) is 0 Å². The molecule has 3 nitrogen and oxygen atoms in total. The van der Waals surface area contributed by atoms with E-state index in [1.165, 1.54) is 0 Å². The lowest BCUT2D eigenvalue weighted by molar-refractivity contribution is 1.25. The maximum atomic E-state index is 9.13. The molecule has 0 saturated heterocycles. The molecular weight excluding hydrogens is 246 g/mol. The molecule has 2 aromatic heterocycles. The van der Waals surface area contributed by atoms with Crippen LogP contribution < -0.4 is 0 Å². The van der Waals surface area contributed by atoms with Gasteiger partial charge in [-0.05, 0) is 24.3 Å². The maximum Gasteiger partial charge on any atom is 0.0998 e. The Balaban J connectivity index is 2.00. The van der Waals surface area contributed by atoms with Crippen molar-refractivity contribution in [2.75, 3.05) is 0 Å². The van der Waals surface area contributed by atoms with E-state index in [4.69, 9.17) is 5.26 Å². The van der Waals surface area contributed by atoms with Crippen molar-refractivity contribution in [1.82, 2.24) is 9.97 Å². The van der Waals surface area contributed by atoms with Crippen LogP contribution in [0.2, 0.25) is 0 Å². The van der Waals surface area contributed by atoms with E-state index in [1.807, 2.05) is 54.6 Å². The molecule has 0 radical (unpaired) electrons. The summed E-state index contributed by atoms with van der Waals surface area (Å²) in [6, 6.07) is 19.3. The fourth-order valence-electron chi connectivity index (χ4n) is 2.05. The van der Waals surface area contributed by atoms with Crippen molar-refractivity contribution in [1.29, 1.82) is 5.26 Å². The Hall–Kier alpha value is -2.99. The SMILES string of the molecule is N#Cc1ccccc1-c1ccc(-c2ccccn2)nc1. The van der Waals surface area contributed by atoms with E-state index in [0.717, 1.165) is 22.5 Å². The van der Waals surface area contributed by atoms with Crippen molar-refractivity contribution in [3.05, 3.63) is 72.6 Å². The largest absolute Gasteiger partial charge is 0.255 e. The number of pyridine rings is 2. The van der Waals surface area contributed by atoms with Crippen LogP contribution in [0.15, 0.2) is 67.0 Å². The van der Waals surface area contributed by atoms with E-state index in [2.05, 4.69) is 16.0 Å². The number of hydrogen-bond donors (Lipinski definition) is 0. The topological polar surface area (TPSA) is 49.6 Å². The second-order valence-electron chi connectivity index (χ2n) is 4.30. The molecule has 0 bridgehead atoms. The lowest BCUT2D eigenvalue weighted by Crippen LogP contribution is -1.89. The predicted molar refractivity (Wildman–Crippen MR) is 77.6 cm³/mol. The van der Waals surface area contributed by atoms with E-state index in [0.29, 0.717) is 5.56 Å². The third-order valence-corrected chi connectivity index (χ3v) is 3.05. The molecule has 0 N–H and O–H groups in total. The minimum Gasteiger partial charge on any atom is -0.255 e. The molecule has 0 unspecified atom stereocenters. The Morgan fingerprint density at radius 1 is 0.800 bits per heavy atom. The molecule has 0 spiro atoms. The summed E-state index contributed by atoms with van der Waals surface area (Å²) in [4.78, 5) is 8.70. The van der Waals surface area contributed by atoms with Crippen molar-refractivity contribution in [3.63, 3.8) is 0 Å². The summed E-state index contributed by atoms with van der Waals surface area (Å²) in [5, 5.41) is 9.13. The third kappa shape index (κ3) is 2.27. The van der Waals surface area contributed by atoms with E-state index in [1.54, 1.807) is 12.4 Å². The fourth-order valence-corrected chi connectivity index (χ4v) is 2.05. The Bertz CT molecular complexity index is 756. The predicted octanol–water partition coefficient (Wildman–Crippen LogP) is 3.68. The van der Waals surface area contributed by atoms with Gasteiger partial charge in [0.1, 0.15) is 0 Å². The number of benzene rings is 1. The molecule has 3 aromatic rings. The van der Waals surface area contributed by atoms with Crippen LogP contribution in [-0.2, 0) is 0 Å². The lowest BCUT2D eigenvalue weighted by atomic mass is 10.0. The zero-order valence-corrected chi connectivity index (χ0v) is 10.7. The van der Waals surface area contributed by atoms with Gasteiger partial charge in [0, 0.05) is 23.5 Å². The molecule has 0 aliphatic rings. The molecule has 20 heavy (non-hydrogen) atoms. The second kappa shape index (κ2) is 5.33. The molecule has 0 atom stereocenters. The number of aromatic nitrogens is 2. The molecule has 3 heteroatoms. The van der Waals surface area contributed by atoms with Gasteiger partial charge in [-0.25, -0.2) is 0 Å². The number of rotatable bonds is 2. The average molecular weight is 257 g/mol. The van der Waals surface area contributed by atoms with Crippen molar-refractivity contribution < 1.29 is 0 Å². The van der Waals surface area contributed by atoms with Gasteiger partial charge in [0.05, 0.1) is 23.0 Å². The number of nitrogens with zero attached hydrogens (tertiary/aromatic N) is 3. The molecule has 0 amide bonds. The Kier molecular flexibility index (Phi) is 3.22. The highest BCUT2D eigenvalue weighted by Crippen LogP contribution is 2.24. The highest BCUT2D eigenvalue weighted by atomic mass is 14.8. The van der Waals surface area contributed by atoms with Crippen molar-refractivity contribution in [2.24, 2.45) is 0 Å². The summed E-state index contributed by atoms with van der Waals surface area (Å²) in [6.07, 6.45) is 3.52. The smallest absolute Gasteiger partial charge is 0.0998 e. The number of nitriles is 1. The average Bonchev–Trinajstić information content (AvgIpc) is 2.56. The Morgan fingerprint density at radius 2 is 1.60 bits per heavy atom. The molecule has 0 aliphatic carbocycles. The Morgan fingerprint density at radius 3 is 2.30 bits per heavy atom. The van der Waals surface area contributed by atoms with Gasteiger partial charge >= 0.3 is 0 Å². The molecule has 1 aromatic carbocycles. The van der Waals surface area contributed by atoms with Crippen molar-refractivity contribution in [2.45, 2.75) is 0 Å². The van der Waals surface area contributed by atoms with Crippen LogP contribution in [0.5, 0.6) is 0 Å². The van der Waals surface area contributed by atoms with Gasteiger partial charge in [-0.15, -0.1) is 0 Å². The zero-order chi connectivity index (χ0) is 13.8. The van der Waals surface area contributed by atoms with Crippen LogP contribution in [0.1, 0.15) is 5.56 Å². The lowest BCUT2D eigenvalue weighted by Gasteiger charge is -2.05. The van der Waals surface area contributed by atoms with Crippen LogP contribution in [-0.4, -0.2) is 9.97 Å². The van der Waals surface area contributed by atoms with E-state index in [-0.39, 0.29) is 0 Å². The van der Waals surface area contributed by atoms with Crippen LogP contribution in [0.3, 0.4) is 0 Å². The molecule has 3 rings (SSSR count). The summed E-state index contributed by atoms with van der Waals surface area (Å²) < 4.78 is 0. The quantitative estimate of drug-likeness (QED) is 0.703. The minimum atomic E-state index is 0.653. The summed E-state index contributed by atoms with van der Waals surface area (Å²) in [5.41, 5.74) is 4.15. The van der Waals surface area contributed by atoms with Crippen LogP contribution in [0.4, 0.5) is 0 Å². The first-order valence-electron chi connectivity index (χ1n) is 6.25. The zero-order valence-electron chi connectivity index (χ0n) is 10.7. The van der Waals surface area contributed by atoms with Gasteiger partial charge < -0.3 is 0 Å². The van der Waals surface area contributed by atoms with Crippen molar-refractivity contribution in [3.8, 4) is 28.6 Å². The van der Waals surface area contributed by atoms with E-state index in [9.17, 15) is 0 Å². The van der Waals surface area contributed by atoms with E-state index >= 15 is 0 Å². The summed E-state index contributed by atoms with van der Waals surface area (Å²) in [7, 11) is 0. The molecule has 0 saturated carbocycles. The molecule has 94 valence electrons. The normalized spacial score (nSPS) is 9.95. The highest BCUT2D eigenvalue weighted by Gasteiger charge is 2.05. The van der Waals surface area contributed by atoms with Gasteiger partial charge in [-0.2, -0.15) is 5.26 Å². The van der Waals surface area contributed by atoms with Crippen LogP contribution in [0, 0.1) is 11.3 Å². The first-order valence-corrected chi connectivity index (χ1v) is 6.25. The van der Waals surface area contributed by atoms with Crippen molar-refractivity contribution >= 4 is 0 Å². The third-order valence-electron chi connectivity index (χ3n) is 3.05. The van der Waals surface area contributed by atoms with Gasteiger partial charge in [-0.3, -0.25) is 9.97 Å². The Labute approximate surface area is 117 Å². The summed E-state index contributed by atoms with van der Waals surface area (Å²) >= 11 is 0. The van der Waals surface area contributed by atoms with Gasteiger partial charge in [0.15, 0.2) is 0 Å². The summed E-state index contributed by atoms with van der Waals surface area (Å²) in [5.74, 6) is 0. The highest BCUT2D eigenvalue weighted by molar-refractivity contribution is 5.71. The second-order valence-corrected chi connectivity index (χ2v) is 4.30. The molecular formula is C17H11N3. The maximum absolute atomic E-state index is 9.13. The van der Waals surface area contributed by atoms with Gasteiger partial charge in [-0.1, -0.05) is 30.3 Å². The van der Waals surface area contributed by atoms with E-state index < -0.39 is 0 Å².